The predicted molar refractivity (Wildman–Crippen MR) is 201 cm³/mol. The minimum atomic E-state index is -0.409. The van der Waals surface area contributed by atoms with Crippen LogP contribution in [0, 0.1) is 0 Å². The van der Waals surface area contributed by atoms with Gasteiger partial charge in [0.25, 0.3) is 0 Å². The highest BCUT2D eigenvalue weighted by molar-refractivity contribution is 5.98. The lowest BCUT2D eigenvalue weighted by molar-refractivity contribution is 0.306. The van der Waals surface area contributed by atoms with Crippen LogP contribution < -0.4 is 19.1 Å². The van der Waals surface area contributed by atoms with E-state index in [1.54, 1.807) is 14.2 Å². The Morgan fingerprint density at radius 2 is 1.00 bits per heavy atom. The fourth-order valence-electron chi connectivity index (χ4n) is 6.59. The molecule has 0 aromatic heterocycles. The van der Waals surface area contributed by atoms with Crippen LogP contribution in [0.1, 0.15) is 29.2 Å². The summed E-state index contributed by atoms with van der Waals surface area (Å²) in [6.45, 7) is 2.70. The van der Waals surface area contributed by atoms with E-state index < -0.39 is 5.41 Å². The van der Waals surface area contributed by atoms with Crippen molar-refractivity contribution in [3.63, 3.8) is 0 Å². The molecule has 0 radical (unpaired) electrons. The van der Waals surface area contributed by atoms with Gasteiger partial charge in [-0.15, -0.1) is 0 Å². The van der Waals surface area contributed by atoms with Crippen LogP contribution in [0.4, 0.5) is 17.1 Å². The van der Waals surface area contributed by atoms with Gasteiger partial charge >= 0.3 is 0 Å². The highest BCUT2D eigenvalue weighted by Crippen LogP contribution is 2.41. The van der Waals surface area contributed by atoms with Crippen LogP contribution >= 0.6 is 0 Å². The molecule has 0 unspecified atom stereocenters. The number of hydrogen-bond acceptors (Lipinski definition) is 4. The number of anilines is 3. The molecular weight excluding hydrogens is 602 g/mol. The Balaban J connectivity index is 1.16. The second kappa shape index (κ2) is 14.0. The van der Waals surface area contributed by atoms with E-state index in [0.717, 1.165) is 56.6 Å². The normalized spacial score (nSPS) is 11.2. The summed E-state index contributed by atoms with van der Waals surface area (Å²) < 4.78 is 17.3. The molecular formula is C45H39NO3. The molecule has 0 N–H and O–H groups in total. The topological polar surface area (TPSA) is 30.9 Å². The molecule has 0 spiro atoms. The van der Waals surface area contributed by atoms with Crippen LogP contribution in [-0.2, 0) is 12.0 Å². The maximum absolute atomic E-state index is 6.40. The fourth-order valence-corrected chi connectivity index (χ4v) is 6.59. The van der Waals surface area contributed by atoms with E-state index in [2.05, 4.69) is 157 Å². The summed E-state index contributed by atoms with van der Waals surface area (Å²) in [6.07, 6.45) is 0. The molecule has 4 nitrogen and oxygen atoms in total. The highest BCUT2D eigenvalue weighted by Gasteiger charge is 2.31. The average Bonchev–Trinajstić information content (AvgIpc) is 3.18. The van der Waals surface area contributed by atoms with Gasteiger partial charge in [0, 0.05) is 22.2 Å². The molecule has 0 fully saturated rings. The van der Waals surface area contributed by atoms with Gasteiger partial charge in [-0.25, -0.2) is 0 Å². The Kier molecular flexibility index (Phi) is 9.03. The van der Waals surface area contributed by atoms with Gasteiger partial charge in [0.05, 0.1) is 19.9 Å². The summed E-state index contributed by atoms with van der Waals surface area (Å²) in [7, 11) is 3.38. The number of hydrogen-bond donors (Lipinski definition) is 0. The summed E-state index contributed by atoms with van der Waals surface area (Å²) in [5.41, 5.74) is 7.48. The zero-order chi connectivity index (χ0) is 33.6. The van der Waals surface area contributed by atoms with Crippen molar-refractivity contribution in [3.05, 3.63) is 192 Å². The highest BCUT2D eigenvalue weighted by atomic mass is 16.5. The van der Waals surface area contributed by atoms with E-state index in [4.69, 9.17) is 14.2 Å². The molecule has 0 aliphatic rings. The van der Waals surface area contributed by atoms with E-state index in [9.17, 15) is 0 Å². The zero-order valence-corrected chi connectivity index (χ0v) is 28.0. The van der Waals surface area contributed by atoms with Gasteiger partial charge in [-0.3, -0.25) is 0 Å². The van der Waals surface area contributed by atoms with Crippen molar-refractivity contribution in [3.8, 4) is 17.2 Å². The second-order valence-electron chi connectivity index (χ2n) is 12.2. The van der Waals surface area contributed by atoms with Gasteiger partial charge < -0.3 is 19.1 Å². The first-order valence-electron chi connectivity index (χ1n) is 16.5. The smallest absolute Gasteiger partial charge is 0.119 e. The van der Waals surface area contributed by atoms with Crippen LogP contribution in [0.2, 0.25) is 0 Å². The summed E-state index contributed by atoms with van der Waals surface area (Å²) in [5.74, 6) is 2.48. The number of methoxy groups -OCH3 is 2. The number of nitrogens with zero attached hydrogens (tertiary/aromatic N) is 1. The van der Waals surface area contributed by atoms with Gasteiger partial charge in [-0.1, -0.05) is 103 Å². The van der Waals surface area contributed by atoms with Gasteiger partial charge in [0.2, 0.25) is 0 Å². The first kappa shape index (κ1) is 31.6. The van der Waals surface area contributed by atoms with Crippen LogP contribution in [-0.4, -0.2) is 14.2 Å². The maximum atomic E-state index is 6.40. The molecule has 7 aromatic carbocycles. The minimum absolute atomic E-state index is 0.409. The van der Waals surface area contributed by atoms with Crippen molar-refractivity contribution >= 4 is 27.8 Å². The molecule has 0 amide bonds. The Morgan fingerprint density at radius 1 is 0.490 bits per heavy atom. The lowest BCUT2D eigenvalue weighted by atomic mass is 9.71. The summed E-state index contributed by atoms with van der Waals surface area (Å²) in [6, 6.07) is 59.2. The molecule has 0 saturated carbocycles. The zero-order valence-electron chi connectivity index (χ0n) is 28.0. The van der Waals surface area contributed by atoms with Gasteiger partial charge in [0.1, 0.15) is 23.9 Å². The monoisotopic (exact) mass is 641 g/mol. The summed E-state index contributed by atoms with van der Waals surface area (Å²) in [5, 5.41) is 2.41. The third-order valence-electron chi connectivity index (χ3n) is 9.36. The number of para-hydroxylation sites is 1. The largest absolute Gasteiger partial charge is 0.497 e. The van der Waals surface area contributed by atoms with E-state index in [-0.39, 0.29) is 0 Å². The van der Waals surface area contributed by atoms with Gasteiger partial charge in [-0.05, 0) is 101 Å². The molecule has 4 heteroatoms. The molecule has 0 aliphatic heterocycles. The van der Waals surface area contributed by atoms with Crippen molar-refractivity contribution in [2.45, 2.75) is 18.9 Å². The lowest BCUT2D eigenvalue weighted by Crippen LogP contribution is -2.25. The molecule has 49 heavy (non-hydrogen) atoms. The number of ether oxygens (including phenoxy) is 3. The first-order valence-corrected chi connectivity index (χ1v) is 16.5. The van der Waals surface area contributed by atoms with Crippen molar-refractivity contribution in [2.75, 3.05) is 19.1 Å². The van der Waals surface area contributed by atoms with Crippen molar-refractivity contribution in [2.24, 2.45) is 0 Å². The van der Waals surface area contributed by atoms with Crippen molar-refractivity contribution in [1.82, 2.24) is 0 Å². The summed E-state index contributed by atoms with van der Waals surface area (Å²) in [4.78, 5) is 2.32. The van der Waals surface area contributed by atoms with Crippen LogP contribution in [0.15, 0.2) is 170 Å². The SMILES string of the molecule is COc1ccc(C(C)(c2ccc(OC)cc2)c2ccc(OCc3cccc(N(c4ccccc4)c4cccc5ccccc45)c3)cc2)cc1. The molecule has 0 atom stereocenters. The third-order valence-corrected chi connectivity index (χ3v) is 9.36. The minimum Gasteiger partial charge on any atom is -0.497 e. The van der Waals surface area contributed by atoms with Crippen molar-refractivity contribution in [1.29, 1.82) is 0 Å². The molecule has 0 saturated heterocycles. The number of rotatable bonds is 11. The summed E-state index contributed by atoms with van der Waals surface area (Å²) >= 11 is 0. The quantitative estimate of drug-likeness (QED) is 0.132. The maximum Gasteiger partial charge on any atom is 0.119 e. The standard InChI is InChI=1S/C45H39NO3/c1-45(35-19-25-40(47-2)26-20-35,36-21-27-41(48-3)28-22-36)37-23-29-42(30-24-37)49-32-33-11-9-16-39(31-33)46(38-14-5-4-6-15-38)44-18-10-13-34-12-7-8-17-43(34)44/h4-31H,32H2,1-3H3. The Hall–Kier alpha value is -6.00. The molecule has 0 bridgehead atoms. The Morgan fingerprint density at radius 3 is 1.61 bits per heavy atom. The van der Waals surface area contributed by atoms with E-state index in [1.165, 1.54) is 10.8 Å². The van der Waals surface area contributed by atoms with E-state index in [0.29, 0.717) is 6.61 Å². The van der Waals surface area contributed by atoms with Gasteiger partial charge in [0.15, 0.2) is 0 Å². The number of benzene rings is 7. The fraction of sp³-hybridized carbons (Fsp3) is 0.111. The molecule has 0 heterocycles. The average molecular weight is 642 g/mol. The van der Waals surface area contributed by atoms with Crippen LogP contribution in [0.5, 0.6) is 17.2 Å². The third kappa shape index (κ3) is 6.46. The molecule has 7 rings (SSSR count). The van der Waals surface area contributed by atoms with Crippen LogP contribution in [0.3, 0.4) is 0 Å². The van der Waals surface area contributed by atoms with E-state index >= 15 is 0 Å². The second-order valence-corrected chi connectivity index (χ2v) is 12.2. The van der Waals surface area contributed by atoms with Crippen LogP contribution in [0.25, 0.3) is 10.8 Å². The first-order chi connectivity index (χ1) is 24.1. The van der Waals surface area contributed by atoms with Crippen molar-refractivity contribution < 1.29 is 14.2 Å². The lowest BCUT2D eigenvalue weighted by Gasteiger charge is -2.32. The predicted octanol–water partition coefficient (Wildman–Crippen LogP) is 11.3. The van der Waals surface area contributed by atoms with Gasteiger partial charge in [-0.2, -0.15) is 0 Å². The molecule has 242 valence electrons. The Bertz CT molecular complexity index is 2090. The molecule has 7 aromatic rings. The van der Waals surface area contributed by atoms with E-state index in [1.807, 2.05) is 24.3 Å². The number of fused-ring (bicyclic) bond motifs is 1. The Labute approximate surface area is 288 Å². The molecule has 0 aliphatic carbocycles.